The third-order valence-electron chi connectivity index (χ3n) is 4.12. The number of rotatable bonds is 4. The van der Waals surface area contributed by atoms with Crippen molar-refractivity contribution < 1.29 is 13.7 Å². The molecule has 0 aromatic heterocycles. The Balaban J connectivity index is 1.76. The van der Waals surface area contributed by atoms with E-state index in [4.69, 9.17) is 0 Å². The van der Waals surface area contributed by atoms with Crippen molar-refractivity contribution >= 4 is 9.84 Å². The first kappa shape index (κ1) is 14.3. The van der Waals surface area contributed by atoms with Gasteiger partial charge in [0.2, 0.25) is 0 Å². The SMILES string of the molecule is O=S1(=O)C[C@@H]([NH2+]Cc2ccccc2)[C@H](c2ccccc2)C1. The highest BCUT2D eigenvalue weighted by Gasteiger charge is 2.40. The van der Waals surface area contributed by atoms with Crippen LogP contribution in [0, 0.1) is 0 Å². The quantitative estimate of drug-likeness (QED) is 0.926. The van der Waals surface area contributed by atoms with Gasteiger partial charge in [0.25, 0.3) is 0 Å². The molecule has 2 aromatic rings. The van der Waals surface area contributed by atoms with Gasteiger partial charge in [-0.05, 0) is 5.56 Å². The summed E-state index contributed by atoms with van der Waals surface area (Å²) in [4.78, 5) is 0. The molecule has 2 atom stereocenters. The lowest BCUT2D eigenvalue weighted by Gasteiger charge is -2.17. The van der Waals surface area contributed by atoms with Crippen LogP contribution in [0.2, 0.25) is 0 Å². The molecule has 1 aliphatic heterocycles. The third kappa shape index (κ3) is 3.52. The Morgan fingerprint density at radius 1 is 0.905 bits per heavy atom. The molecular formula is C17H20NO2S+. The largest absolute Gasteiger partial charge is 0.339 e. The standard InChI is InChI=1S/C17H19NO2S/c19-21(20)12-16(15-9-5-2-6-10-15)17(13-21)18-11-14-7-3-1-4-8-14/h1-10,16-18H,11-13H2/p+1/t16-,17+/m0/s1. The van der Waals surface area contributed by atoms with E-state index in [0.717, 1.165) is 12.1 Å². The van der Waals surface area contributed by atoms with E-state index in [9.17, 15) is 8.42 Å². The molecule has 2 N–H and O–H groups in total. The van der Waals surface area contributed by atoms with Gasteiger partial charge in [0.05, 0.1) is 11.7 Å². The van der Waals surface area contributed by atoms with Gasteiger partial charge in [-0.2, -0.15) is 0 Å². The van der Waals surface area contributed by atoms with Crippen LogP contribution in [0.1, 0.15) is 17.0 Å². The highest BCUT2D eigenvalue weighted by molar-refractivity contribution is 7.91. The number of sulfone groups is 1. The van der Waals surface area contributed by atoms with Crippen LogP contribution >= 0.6 is 0 Å². The van der Waals surface area contributed by atoms with Crippen molar-refractivity contribution in [2.24, 2.45) is 0 Å². The number of hydrogen-bond acceptors (Lipinski definition) is 2. The Kier molecular flexibility index (Phi) is 4.08. The van der Waals surface area contributed by atoms with Gasteiger partial charge in [-0.25, -0.2) is 8.42 Å². The van der Waals surface area contributed by atoms with E-state index in [0.29, 0.717) is 0 Å². The summed E-state index contributed by atoms with van der Waals surface area (Å²) in [7, 11) is -2.93. The van der Waals surface area contributed by atoms with Crippen molar-refractivity contribution in [2.45, 2.75) is 18.5 Å². The summed E-state index contributed by atoms with van der Waals surface area (Å²) < 4.78 is 24.0. The maximum Gasteiger partial charge on any atom is 0.156 e. The second-order valence-electron chi connectivity index (χ2n) is 5.68. The summed E-state index contributed by atoms with van der Waals surface area (Å²) in [5.74, 6) is 0.645. The monoisotopic (exact) mass is 302 g/mol. The first-order chi connectivity index (χ1) is 10.1. The summed E-state index contributed by atoms with van der Waals surface area (Å²) >= 11 is 0. The van der Waals surface area contributed by atoms with Crippen molar-refractivity contribution in [3.8, 4) is 0 Å². The third-order valence-corrected chi connectivity index (χ3v) is 5.88. The maximum absolute atomic E-state index is 12.0. The molecule has 0 aliphatic carbocycles. The molecule has 0 bridgehead atoms. The minimum atomic E-state index is -2.93. The summed E-state index contributed by atoms with van der Waals surface area (Å²) in [6, 6.07) is 20.3. The number of benzene rings is 2. The summed E-state index contributed by atoms with van der Waals surface area (Å²) in [6.45, 7) is 0.824. The van der Waals surface area contributed by atoms with Gasteiger partial charge in [0.15, 0.2) is 9.84 Å². The lowest BCUT2D eigenvalue weighted by atomic mass is 9.94. The number of hydrogen-bond donors (Lipinski definition) is 1. The van der Waals surface area contributed by atoms with Gasteiger partial charge in [0.1, 0.15) is 18.3 Å². The molecule has 4 heteroatoms. The predicted molar refractivity (Wildman–Crippen MR) is 83.7 cm³/mol. The fourth-order valence-electron chi connectivity index (χ4n) is 3.05. The Labute approximate surface area is 125 Å². The number of nitrogens with two attached hydrogens (primary N) is 1. The lowest BCUT2D eigenvalue weighted by Crippen LogP contribution is -2.90. The fourth-order valence-corrected chi connectivity index (χ4v) is 5.13. The van der Waals surface area contributed by atoms with E-state index < -0.39 is 9.84 Å². The molecule has 1 aliphatic rings. The van der Waals surface area contributed by atoms with Gasteiger partial charge in [-0.15, -0.1) is 0 Å². The zero-order chi connectivity index (χ0) is 14.7. The molecule has 110 valence electrons. The van der Waals surface area contributed by atoms with Crippen LogP contribution in [0.15, 0.2) is 60.7 Å². The van der Waals surface area contributed by atoms with Crippen LogP contribution in [0.4, 0.5) is 0 Å². The van der Waals surface area contributed by atoms with Crippen LogP contribution < -0.4 is 5.32 Å². The van der Waals surface area contributed by atoms with Crippen molar-refractivity contribution in [2.75, 3.05) is 11.5 Å². The van der Waals surface area contributed by atoms with E-state index in [2.05, 4.69) is 17.4 Å². The molecule has 3 rings (SSSR count). The Morgan fingerprint density at radius 2 is 1.52 bits per heavy atom. The zero-order valence-electron chi connectivity index (χ0n) is 11.9. The van der Waals surface area contributed by atoms with Crippen LogP contribution in [0.5, 0.6) is 0 Å². The normalized spacial score (nSPS) is 24.0. The average molecular weight is 302 g/mol. The molecule has 0 saturated carbocycles. The number of quaternary nitrogens is 1. The Hall–Kier alpha value is -1.65. The van der Waals surface area contributed by atoms with Gasteiger partial charge >= 0.3 is 0 Å². The van der Waals surface area contributed by atoms with E-state index in [1.165, 1.54) is 5.56 Å². The van der Waals surface area contributed by atoms with E-state index in [1.54, 1.807) is 0 Å². The highest BCUT2D eigenvalue weighted by Crippen LogP contribution is 2.27. The van der Waals surface area contributed by atoms with E-state index >= 15 is 0 Å². The Bertz CT molecular complexity index is 683. The summed E-state index contributed by atoms with van der Waals surface area (Å²) in [6.07, 6.45) is 0. The second kappa shape index (κ2) is 6.00. The van der Waals surface area contributed by atoms with Gasteiger partial charge in [-0.1, -0.05) is 60.7 Å². The minimum Gasteiger partial charge on any atom is -0.339 e. The molecule has 2 aromatic carbocycles. The highest BCUT2D eigenvalue weighted by atomic mass is 32.2. The molecular weight excluding hydrogens is 282 g/mol. The molecule has 3 nitrogen and oxygen atoms in total. The molecule has 0 radical (unpaired) electrons. The summed E-state index contributed by atoms with van der Waals surface area (Å²) in [5, 5.41) is 2.18. The zero-order valence-corrected chi connectivity index (χ0v) is 12.7. The molecule has 21 heavy (non-hydrogen) atoms. The lowest BCUT2D eigenvalue weighted by molar-refractivity contribution is -0.701. The van der Waals surface area contributed by atoms with Gasteiger partial charge in [-0.3, -0.25) is 0 Å². The van der Waals surface area contributed by atoms with E-state index in [1.807, 2.05) is 48.5 Å². The van der Waals surface area contributed by atoms with Gasteiger partial charge < -0.3 is 5.32 Å². The molecule has 0 amide bonds. The molecule has 1 saturated heterocycles. The smallest absolute Gasteiger partial charge is 0.156 e. The molecule has 0 unspecified atom stereocenters. The van der Waals surface area contributed by atoms with Gasteiger partial charge in [0, 0.05) is 5.56 Å². The maximum atomic E-state index is 12.0. The van der Waals surface area contributed by atoms with Crippen LogP contribution in [-0.2, 0) is 16.4 Å². The predicted octanol–water partition coefficient (Wildman–Crippen LogP) is 1.33. The van der Waals surface area contributed by atoms with Crippen LogP contribution in [-0.4, -0.2) is 26.0 Å². The van der Waals surface area contributed by atoms with Crippen molar-refractivity contribution in [3.63, 3.8) is 0 Å². The topological polar surface area (TPSA) is 50.8 Å². The Morgan fingerprint density at radius 3 is 2.19 bits per heavy atom. The first-order valence-electron chi connectivity index (χ1n) is 7.27. The first-order valence-corrected chi connectivity index (χ1v) is 9.09. The van der Waals surface area contributed by atoms with Crippen molar-refractivity contribution in [3.05, 3.63) is 71.8 Å². The van der Waals surface area contributed by atoms with Crippen LogP contribution in [0.3, 0.4) is 0 Å². The molecule has 1 fully saturated rings. The van der Waals surface area contributed by atoms with E-state index in [-0.39, 0.29) is 23.5 Å². The van der Waals surface area contributed by atoms with Crippen molar-refractivity contribution in [1.82, 2.24) is 0 Å². The minimum absolute atomic E-state index is 0.0971. The summed E-state index contributed by atoms with van der Waals surface area (Å²) in [5.41, 5.74) is 2.36. The fraction of sp³-hybridized carbons (Fsp3) is 0.294. The second-order valence-corrected chi connectivity index (χ2v) is 7.84. The molecule has 1 heterocycles. The average Bonchev–Trinajstić information content (AvgIpc) is 2.82. The molecule has 0 spiro atoms. The van der Waals surface area contributed by atoms with Crippen LogP contribution in [0.25, 0.3) is 0 Å². The van der Waals surface area contributed by atoms with Crippen molar-refractivity contribution in [1.29, 1.82) is 0 Å².